The molecule has 0 fully saturated rings. The summed E-state index contributed by atoms with van der Waals surface area (Å²) in [5.74, 6) is -0.162. The number of thiophene rings is 1. The number of nitrogens with one attached hydrogen (secondary N) is 1. The molecule has 25 heavy (non-hydrogen) atoms. The molecule has 0 aliphatic rings. The first kappa shape index (κ1) is 17.2. The maximum atomic E-state index is 12.8. The van der Waals surface area contributed by atoms with E-state index in [1.807, 2.05) is 32.0 Å². The van der Waals surface area contributed by atoms with Crippen LogP contribution < -0.4 is 16.6 Å². The molecule has 2 aromatic heterocycles. The Hall–Kier alpha value is -2.67. The van der Waals surface area contributed by atoms with E-state index in [9.17, 15) is 14.4 Å². The Morgan fingerprint density at radius 2 is 1.84 bits per heavy atom. The summed E-state index contributed by atoms with van der Waals surface area (Å²) in [5, 5.41) is 4.53. The zero-order valence-electron chi connectivity index (χ0n) is 14.1. The number of hydrogen-bond acceptors (Lipinski definition) is 4. The second kappa shape index (κ2) is 7.06. The fourth-order valence-electron chi connectivity index (χ4n) is 2.68. The molecule has 7 heteroatoms. The Labute approximate surface area is 148 Å². The van der Waals surface area contributed by atoms with E-state index in [-0.39, 0.29) is 23.9 Å². The van der Waals surface area contributed by atoms with Crippen LogP contribution >= 0.6 is 11.3 Å². The Morgan fingerprint density at radius 3 is 2.52 bits per heavy atom. The summed E-state index contributed by atoms with van der Waals surface area (Å²) >= 11 is 1.28. The van der Waals surface area contributed by atoms with Crippen molar-refractivity contribution in [2.75, 3.05) is 5.32 Å². The highest BCUT2D eigenvalue weighted by atomic mass is 32.1. The van der Waals surface area contributed by atoms with Crippen molar-refractivity contribution in [1.29, 1.82) is 0 Å². The molecule has 130 valence electrons. The van der Waals surface area contributed by atoms with Crippen molar-refractivity contribution in [1.82, 2.24) is 9.13 Å². The molecule has 1 aromatic carbocycles. The van der Waals surface area contributed by atoms with Gasteiger partial charge in [0, 0.05) is 12.2 Å². The van der Waals surface area contributed by atoms with Gasteiger partial charge in [-0.05, 0) is 29.5 Å². The molecule has 0 aliphatic carbocycles. The number of fused-ring (bicyclic) bond motifs is 1. The van der Waals surface area contributed by atoms with Gasteiger partial charge in [0.05, 0.1) is 5.52 Å². The van der Waals surface area contributed by atoms with E-state index in [1.54, 1.807) is 23.6 Å². The van der Waals surface area contributed by atoms with Crippen LogP contribution in [0.1, 0.15) is 13.8 Å². The highest BCUT2D eigenvalue weighted by molar-refractivity contribution is 7.17. The number of benzene rings is 1. The van der Waals surface area contributed by atoms with E-state index < -0.39 is 5.69 Å². The SMILES string of the molecule is CC(C)Cn1c(=O)c2sccc2n(CC(=O)Nc2ccccc2)c1=O. The lowest BCUT2D eigenvalue weighted by molar-refractivity contribution is -0.116. The van der Waals surface area contributed by atoms with Gasteiger partial charge in [0.15, 0.2) is 0 Å². The average molecular weight is 357 g/mol. The van der Waals surface area contributed by atoms with Gasteiger partial charge in [0.1, 0.15) is 11.2 Å². The van der Waals surface area contributed by atoms with Crippen LogP contribution in [0.5, 0.6) is 0 Å². The molecule has 1 amide bonds. The fraction of sp³-hybridized carbons (Fsp3) is 0.278. The third kappa shape index (κ3) is 3.56. The number of nitrogens with zero attached hydrogens (tertiary/aromatic N) is 2. The standard InChI is InChI=1S/C18H19N3O3S/c1-12(2)10-21-17(23)16-14(8-9-25-16)20(18(21)24)11-15(22)19-13-6-4-3-5-7-13/h3-9,12H,10-11H2,1-2H3,(H,19,22). The molecule has 1 N–H and O–H groups in total. The molecule has 0 bridgehead atoms. The maximum Gasteiger partial charge on any atom is 0.332 e. The van der Waals surface area contributed by atoms with E-state index in [4.69, 9.17) is 0 Å². The minimum Gasteiger partial charge on any atom is -0.325 e. The van der Waals surface area contributed by atoms with E-state index in [0.717, 1.165) is 0 Å². The number of rotatable bonds is 5. The van der Waals surface area contributed by atoms with Crippen molar-refractivity contribution in [3.05, 3.63) is 62.6 Å². The molecule has 0 saturated heterocycles. The van der Waals surface area contributed by atoms with Crippen molar-refractivity contribution in [3.63, 3.8) is 0 Å². The van der Waals surface area contributed by atoms with Crippen LogP contribution in [-0.4, -0.2) is 15.0 Å². The van der Waals surface area contributed by atoms with Crippen molar-refractivity contribution in [3.8, 4) is 0 Å². The van der Waals surface area contributed by atoms with Gasteiger partial charge in [-0.3, -0.25) is 18.7 Å². The molecular weight excluding hydrogens is 338 g/mol. The molecule has 2 heterocycles. The Morgan fingerprint density at radius 1 is 1.12 bits per heavy atom. The van der Waals surface area contributed by atoms with Crippen LogP contribution in [-0.2, 0) is 17.9 Å². The first-order valence-corrected chi connectivity index (χ1v) is 8.91. The lowest BCUT2D eigenvalue weighted by Gasteiger charge is -2.13. The number of hydrogen-bond donors (Lipinski definition) is 1. The average Bonchev–Trinajstić information content (AvgIpc) is 3.06. The van der Waals surface area contributed by atoms with Crippen LogP contribution in [0.4, 0.5) is 5.69 Å². The minimum atomic E-state index is -0.451. The van der Waals surface area contributed by atoms with Gasteiger partial charge >= 0.3 is 5.69 Å². The smallest absolute Gasteiger partial charge is 0.325 e. The quantitative estimate of drug-likeness (QED) is 0.762. The predicted octanol–water partition coefficient (Wildman–Crippen LogP) is 2.52. The first-order valence-electron chi connectivity index (χ1n) is 8.03. The van der Waals surface area contributed by atoms with Crippen LogP contribution in [0.2, 0.25) is 0 Å². The number of carbonyl (C=O) groups excluding carboxylic acids is 1. The Kier molecular flexibility index (Phi) is 4.85. The van der Waals surface area contributed by atoms with E-state index in [1.165, 1.54) is 20.5 Å². The van der Waals surface area contributed by atoms with Gasteiger partial charge in [-0.15, -0.1) is 11.3 Å². The predicted molar refractivity (Wildman–Crippen MR) is 100 cm³/mol. The third-order valence-corrected chi connectivity index (χ3v) is 4.64. The van der Waals surface area contributed by atoms with E-state index in [0.29, 0.717) is 22.4 Å². The Bertz CT molecular complexity index is 1020. The summed E-state index contributed by atoms with van der Waals surface area (Å²) in [5.41, 5.74) is 0.428. The molecule has 6 nitrogen and oxygen atoms in total. The van der Waals surface area contributed by atoms with Crippen molar-refractivity contribution in [2.24, 2.45) is 5.92 Å². The molecule has 0 saturated carbocycles. The number of anilines is 1. The summed E-state index contributed by atoms with van der Waals surface area (Å²) in [6.07, 6.45) is 0. The topological polar surface area (TPSA) is 73.1 Å². The minimum absolute atomic E-state index is 0.140. The van der Waals surface area contributed by atoms with Crippen LogP contribution in [0, 0.1) is 5.92 Å². The lowest BCUT2D eigenvalue weighted by atomic mass is 10.2. The van der Waals surface area contributed by atoms with Gasteiger partial charge < -0.3 is 5.32 Å². The summed E-state index contributed by atoms with van der Waals surface area (Å²) < 4.78 is 3.08. The second-order valence-electron chi connectivity index (χ2n) is 6.23. The molecule has 0 atom stereocenters. The van der Waals surface area contributed by atoms with Crippen molar-refractivity contribution >= 4 is 33.1 Å². The number of amides is 1. The van der Waals surface area contributed by atoms with Gasteiger partial charge in [-0.2, -0.15) is 0 Å². The monoisotopic (exact) mass is 357 g/mol. The summed E-state index contributed by atoms with van der Waals surface area (Å²) in [4.78, 5) is 37.7. The molecule has 0 aliphatic heterocycles. The number of carbonyl (C=O) groups is 1. The van der Waals surface area contributed by atoms with Crippen LogP contribution in [0.3, 0.4) is 0 Å². The second-order valence-corrected chi connectivity index (χ2v) is 7.14. The third-order valence-electron chi connectivity index (χ3n) is 3.74. The van der Waals surface area contributed by atoms with Gasteiger partial charge in [0.2, 0.25) is 5.91 Å². The van der Waals surface area contributed by atoms with Crippen LogP contribution in [0.25, 0.3) is 10.2 Å². The molecular formula is C18H19N3O3S. The normalized spacial score (nSPS) is 11.2. The van der Waals surface area contributed by atoms with Crippen molar-refractivity contribution < 1.29 is 4.79 Å². The van der Waals surface area contributed by atoms with Crippen molar-refractivity contribution in [2.45, 2.75) is 26.9 Å². The molecule has 0 radical (unpaired) electrons. The summed E-state index contributed by atoms with van der Waals surface area (Å²) in [6, 6.07) is 10.8. The van der Waals surface area contributed by atoms with Gasteiger partial charge in [-0.25, -0.2) is 4.79 Å². The largest absolute Gasteiger partial charge is 0.332 e. The lowest BCUT2D eigenvalue weighted by Crippen LogP contribution is -2.42. The van der Waals surface area contributed by atoms with E-state index in [2.05, 4.69) is 5.32 Å². The number of para-hydroxylation sites is 1. The highest BCUT2D eigenvalue weighted by Crippen LogP contribution is 2.15. The van der Waals surface area contributed by atoms with Gasteiger partial charge in [-0.1, -0.05) is 32.0 Å². The summed E-state index contributed by atoms with van der Waals surface area (Å²) in [6.45, 7) is 4.07. The van der Waals surface area contributed by atoms with E-state index >= 15 is 0 Å². The molecule has 3 aromatic rings. The fourth-order valence-corrected chi connectivity index (χ4v) is 3.52. The maximum absolute atomic E-state index is 12.8. The molecule has 0 unspecified atom stereocenters. The molecule has 3 rings (SSSR count). The zero-order chi connectivity index (χ0) is 18.0. The molecule has 0 spiro atoms. The highest BCUT2D eigenvalue weighted by Gasteiger charge is 2.17. The summed E-state index contributed by atoms with van der Waals surface area (Å²) in [7, 11) is 0. The van der Waals surface area contributed by atoms with Gasteiger partial charge in [0.25, 0.3) is 5.56 Å². The Balaban J connectivity index is 2.00. The van der Waals surface area contributed by atoms with Crippen LogP contribution in [0.15, 0.2) is 51.4 Å². The zero-order valence-corrected chi connectivity index (χ0v) is 14.9. The number of aromatic nitrogens is 2. The first-order chi connectivity index (χ1) is 12.0.